The van der Waals surface area contributed by atoms with Gasteiger partial charge in [0.05, 0.1) is 24.3 Å². The summed E-state index contributed by atoms with van der Waals surface area (Å²) >= 11 is 3.54. The van der Waals surface area contributed by atoms with Gasteiger partial charge in [-0.15, -0.1) is 0 Å². The molecule has 2 aliphatic carbocycles. The normalized spacial score (nSPS) is 27.1. The van der Waals surface area contributed by atoms with Crippen LogP contribution in [0.15, 0.2) is 16.6 Å². The molecule has 0 spiro atoms. The first kappa shape index (κ1) is 15.2. The zero-order valence-corrected chi connectivity index (χ0v) is 14.1. The van der Waals surface area contributed by atoms with Crippen molar-refractivity contribution in [3.63, 3.8) is 0 Å². The summed E-state index contributed by atoms with van der Waals surface area (Å²) in [6, 6.07) is 3.77. The van der Waals surface area contributed by atoms with Gasteiger partial charge in [0.1, 0.15) is 0 Å². The van der Waals surface area contributed by atoms with Gasteiger partial charge in [-0.2, -0.15) is 0 Å². The predicted molar refractivity (Wildman–Crippen MR) is 85.7 cm³/mol. The fourth-order valence-corrected chi connectivity index (χ4v) is 4.49. The van der Waals surface area contributed by atoms with Crippen molar-refractivity contribution in [2.45, 2.75) is 39.2 Å². The maximum absolute atomic E-state index is 9.30. The first-order chi connectivity index (χ1) is 10.2. The molecule has 1 N–H and O–H groups in total. The number of benzene rings is 1. The van der Waals surface area contributed by atoms with Gasteiger partial charge in [-0.25, -0.2) is 0 Å². The summed E-state index contributed by atoms with van der Waals surface area (Å²) in [6.45, 7) is 3.33. The summed E-state index contributed by atoms with van der Waals surface area (Å²) in [4.78, 5) is 0. The summed E-state index contributed by atoms with van der Waals surface area (Å²) in [6.07, 6.45) is 5.51. The lowest BCUT2D eigenvalue weighted by Gasteiger charge is -2.23. The smallest absolute Gasteiger partial charge is 0.175 e. The third-order valence-corrected chi connectivity index (χ3v) is 5.47. The Bertz CT molecular complexity index is 503. The van der Waals surface area contributed by atoms with Gasteiger partial charge in [-0.05, 0) is 77.6 Å². The highest BCUT2D eigenvalue weighted by molar-refractivity contribution is 9.10. The van der Waals surface area contributed by atoms with E-state index < -0.39 is 0 Å². The van der Waals surface area contributed by atoms with Crippen LogP contribution in [0.5, 0.6) is 11.5 Å². The second-order valence-corrected chi connectivity index (χ2v) is 7.10. The summed E-state index contributed by atoms with van der Waals surface area (Å²) in [7, 11) is 0. The van der Waals surface area contributed by atoms with Crippen LogP contribution in [0.4, 0.5) is 0 Å². The molecule has 0 radical (unpaired) electrons. The molecular formula is C17H23BrO3. The summed E-state index contributed by atoms with van der Waals surface area (Å²) < 4.78 is 12.6. The average molecular weight is 355 g/mol. The largest absolute Gasteiger partial charge is 0.490 e. The van der Waals surface area contributed by atoms with E-state index in [2.05, 4.69) is 15.9 Å². The summed E-state index contributed by atoms with van der Waals surface area (Å²) in [5.41, 5.74) is 0.831. The van der Waals surface area contributed by atoms with E-state index in [1.54, 1.807) is 0 Å². The van der Waals surface area contributed by atoms with Gasteiger partial charge in [-0.3, -0.25) is 0 Å². The molecule has 2 fully saturated rings. The van der Waals surface area contributed by atoms with Crippen molar-refractivity contribution in [1.82, 2.24) is 0 Å². The molecule has 0 aromatic heterocycles. The molecule has 2 bridgehead atoms. The van der Waals surface area contributed by atoms with Gasteiger partial charge >= 0.3 is 0 Å². The lowest BCUT2D eigenvalue weighted by atomic mass is 9.89. The van der Waals surface area contributed by atoms with Crippen molar-refractivity contribution < 1.29 is 14.6 Å². The fraction of sp³-hybridized carbons (Fsp3) is 0.647. The van der Waals surface area contributed by atoms with Crippen LogP contribution in [0.25, 0.3) is 0 Å². The van der Waals surface area contributed by atoms with E-state index in [9.17, 15) is 5.11 Å². The van der Waals surface area contributed by atoms with Crippen LogP contribution in [-0.2, 0) is 6.61 Å². The summed E-state index contributed by atoms with van der Waals surface area (Å²) in [5, 5.41) is 9.30. The van der Waals surface area contributed by atoms with Crippen LogP contribution in [0.1, 0.15) is 38.2 Å². The average Bonchev–Trinajstić information content (AvgIpc) is 3.09. The number of hydrogen-bond donors (Lipinski definition) is 1. The molecular weight excluding hydrogens is 332 g/mol. The topological polar surface area (TPSA) is 38.7 Å². The molecule has 2 saturated carbocycles. The van der Waals surface area contributed by atoms with Crippen LogP contribution < -0.4 is 9.47 Å². The molecule has 4 heteroatoms. The molecule has 21 heavy (non-hydrogen) atoms. The molecule has 3 rings (SSSR count). The summed E-state index contributed by atoms with van der Waals surface area (Å²) in [5.74, 6) is 4.00. The minimum atomic E-state index is 0.00529. The SMILES string of the molecule is CCOc1cc(CO)cc(Br)c1OCC1CC2CCC1C2. The number of rotatable bonds is 6. The number of ether oxygens (including phenoxy) is 2. The van der Waals surface area contributed by atoms with Crippen molar-refractivity contribution in [3.05, 3.63) is 22.2 Å². The Labute approximate surface area is 134 Å². The fourth-order valence-electron chi connectivity index (χ4n) is 3.89. The highest BCUT2D eigenvalue weighted by atomic mass is 79.9. The second kappa shape index (κ2) is 6.57. The van der Waals surface area contributed by atoms with E-state index in [1.165, 1.54) is 25.7 Å². The lowest BCUT2D eigenvalue weighted by molar-refractivity contribution is 0.186. The van der Waals surface area contributed by atoms with Crippen molar-refractivity contribution in [2.24, 2.45) is 17.8 Å². The number of hydrogen-bond acceptors (Lipinski definition) is 3. The van der Waals surface area contributed by atoms with E-state index in [4.69, 9.17) is 9.47 Å². The van der Waals surface area contributed by atoms with E-state index in [-0.39, 0.29) is 6.61 Å². The van der Waals surface area contributed by atoms with E-state index in [0.29, 0.717) is 12.5 Å². The zero-order chi connectivity index (χ0) is 14.8. The van der Waals surface area contributed by atoms with Gasteiger partial charge in [0.15, 0.2) is 11.5 Å². The standard InChI is InChI=1S/C17H23BrO3/c1-2-20-16-8-12(9-19)7-15(18)17(16)21-10-14-6-11-3-4-13(14)5-11/h7-8,11,13-14,19H,2-6,9-10H2,1H3. The van der Waals surface area contributed by atoms with Crippen molar-refractivity contribution in [1.29, 1.82) is 0 Å². The molecule has 3 unspecified atom stereocenters. The number of aliphatic hydroxyl groups excluding tert-OH is 1. The molecule has 1 aromatic carbocycles. The molecule has 3 atom stereocenters. The van der Waals surface area contributed by atoms with Gasteiger partial charge in [0.25, 0.3) is 0 Å². The first-order valence-corrected chi connectivity index (χ1v) is 8.69. The predicted octanol–water partition coefficient (Wildman–Crippen LogP) is 4.16. The molecule has 0 aliphatic heterocycles. The number of aliphatic hydroxyl groups is 1. The molecule has 116 valence electrons. The molecule has 1 aromatic rings. The van der Waals surface area contributed by atoms with Gasteiger partial charge in [0, 0.05) is 0 Å². The molecule has 0 saturated heterocycles. The highest BCUT2D eigenvalue weighted by Crippen LogP contribution is 2.48. The van der Waals surface area contributed by atoms with Crippen molar-refractivity contribution in [2.75, 3.05) is 13.2 Å². The highest BCUT2D eigenvalue weighted by Gasteiger charge is 2.39. The van der Waals surface area contributed by atoms with Crippen LogP contribution in [0.3, 0.4) is 0 Å². The van der Waals surface area contributed by atoms with Gasteiger partial charge < -0.3 is 14.6 Å². The third kappa shape index (κ3) is 3.21. The molecule has 2 aliphatic rings. The van der Waals surface area contributed by atoms with Crippen LogP contribution in [0.2, 0.25) is 0 Å². The maximum atomic E-state index is 9.30. The Balaban J connectivity index is 1.71. The van der Waals surface area contributed by atoms with Crippen molar-refractivity contribution >= 4 is 15.9 Å². The Kier molecular flexibility index (Phi) is 4.75. The quantitative estimate of drug-likeness (QED) is 0.833. The number of halogens is 1. The van der Waals surface area contributed by atoms with E-state index >= 15 is 0 Å². The number of fused-ring (bicyclic) bond motifs is 2. The Morgan fingerprint density at radius 2 is 2.10 bits per heavy atom. The maximum Gasteiger partial charge on any atom is 0.175 e. The molecule has 0 heterocycles. The minimum Gasteiger partial charge on any atom is -0.490 e. The Morgan fingerprint density at radius 1 is 1.24 bits per heavy atom. The monoisotopic (exact) mass is 354 g/mol. The first-order valence-electron chi connectivity index (χ1n) is 7.90. The third-order valence-electron chi connectivity index (χ3n) is 4.88. The van der Waals surface area contributed by atoms with Crippen LogP contribution in [-0.4, -0.2) is 18.3 Å². The van der Waals surface area contributed by atoms with Crippen LogP contribution in [0, 0.1) is 17.8 Å². The molecule has 3 nitrogen and oxygen atoms in total. The van der Waals surface area contributed by atoms with Gasteiger partial charge in [0.2, 0.25) is 0 Å². The van der Waals surface area contributed by atoms with E-state index in [1.807, 2.05) is 19.1 Å². The Morgan fingerprint density at radius 3 is 2.71 bits per heavy atom. The van der Waals surface area contributed by atoms with Crippen LogP contribution >= 0.6 is 15.9 Å². The Hall–Kier alpha value is -0.740. The van der Waals surface area contributed by atoms with Gasteiger partial charge in [-0.1, -0.05) is 6.42 Å². The zero-order valence-electron chi connectivity index (χ0n) is 12.5. The second-order valence-electron chi connectivity index (χ2n) is 6.24. The van der Waals surface area contributed by atoms with E-state index in [0.717, 1.165) is 40.0 Å². The van der Waals surface area contributed by atoms with Crippen molar-refractivity contribution in [3.8, 4) is 11.5 Å². The minimum absolute atomic E-state index is 0.00529. The lowest BCUT2D eigenvalue weighted by Crippen LogP contribution is -2.19. The molecule has 0 amide bonds.